The molecule has 45 heavy (non-hydrogen) atoms. The minimum Gasteiger partial charge on any atom is -0.483 e. The molecule has 6 N–H and O–H groups in total. The van der Waals surface area contributed by atoms with Gasteiger partial charge in [0.25, 0.3) is 12.4 Å². The maximum Gasteiger partial charge on any atom is 0.490 e. The third kappa shape index (κ3) is 17.9. The van der Waals surface area contributed by atoms with Gasteiger partial charge in [-0.3, -0.25) is 9.59 Å². The number of nitrogens with zero attached hydrogens (tertiary/aromatic N) is 1. The van der Waals surface area contributed by atoms with Gasteiger partial charge in [-0.15, -0.1) is 0 Å². The van der Waals surface area contributed by atoms with Crippen LogP contribution in [0.5, 0.6) is 0 Å². The van der Waals surface area contributed by atoms with Crippen molar-refractivity contribution in [2.45, 2.75) is 32.2 Å². The molecule has 0 saturated heterocycles. The van der Waals surface area contributed by atoms with Crippen LogP contribution in [0, 0.1) is 0 Å². The highest BCUT2D eigenvalue weighted by molar-refractivity contribution is 6.00. The maximum atomic E-state index is 12.5. The summed E-state index contributed by atoms with van der Waals surface area (Å²) in [5.74, 6) is -3.84. The predicted molar refractivity (Wildman–Crippen MR) is 153 cm³/mol. The zero-order chi connectivity index (χ0) is 34.6. The van der Waals surface area contributed by atoms with E-state index >= 15 is 0 Å². The molecule has 3 aromatic rings. The van der Waals surface area contributed by atoms with Crippen LogP contribution < -0.4 is 11.1 Å². The van der Waals surface area contributed by atoms with E-state index in [2.05, 4.69) is 41.5 Å². The van der Waals surface area contributed by atoms with E-state index in [1.54, 1.807) is 36.4 Å². The van der Waals surface area contributed by atoms with Crippen molar-refractivity contribution in [3.8, 4) is 0 Å². The topological polar surface area (TPSA) is 170 Å². The molecule has 0 unspecified atom stereocenters. The zero-order valence-electron chi connectivity index (χ0n) is 23.9. The molecule has 0 aromatic heterocycles. The monoisotopic (exact) mass is 649 g/mol. The highest BCUT2D eigenvalue weighted by atomic mass is 19.4. The smallest absolute Gasteiger partial charge is 0.483 e. The number of hydrogen-bond donors (Lipinski definition) is 5. The number of alkyl halides is 6. The molecular formula is C29H33F6N3O7. The first-order chi connectivity index (χ1) is 21.0. The van der Waals surface area contributed by atoms with Crippen molar-refractivity contribution >= 4 is 35.1 Å². The van der Waals surface area contributed by atoms with Gasteiger partial charge in [-0.2, -0.15) is 26.3 Å². The molecule has 0 aliphatic rings. The third-order valence-corrected chi connectivity index (χ3v) is 5.63. The number of benzene rings is 3. The van der Waals surface area contributed by atoms with Crippen LogP contribution in [-0.2, 0) is 22.6 Å². The summed E-state index contributed by atoms with van der Waals surface area (Å²) < 4.78 is 60.7. The van der Waals surface area contributed by atoms with Crippen molar-refractivity contribution in [3.05, 3.63) is 82.9 Å². The van der Waals surface area contributed by atoms with Gasteiger partial charge in [-0.25, -0.2) is 9.59 Å². The van der Waals surface area contributed by atoms with Gasteiger partial charge in [0.05, 0.1) is 5.56 Å². The average molecular weight is 650 g/mol. The SMILES string of the molecule is CN(CCCc1ccc(CN)cc1)CCNC(=O)c1ccc2cc(C(=O)O)ccc2c1.FC(F)F.O=C(O)C(F)(F)F.O=CO. The number of carbonyl (C=O) groups is 4. The average Bonchev–Trinajstić information content (AvgIpc) is 2.97. The van der Waals surface area contributed by atoms with E-state index in [9.17, 15) is 35.9 Å². The summed E-state index contributed by atoms with van der Waals surface area (Å²) in [6.07, 6.45) is -3.02. The lowest BCUT2D eigenvalue weighted by atomic mass is 10.0. The Kier molecular flexibility index (Phi) is 18.9. The Morgan fingerprint density at radius 2 is 1.33 bits per heavy atom. The molecule has 0 bridgehead atoms. The summed E-state index contributed by atoms with van der Waals surface area (Å²) in [5, 5.41) is 27.7. The second-order valence-electron chi connectivity index (χ2n) is 8.92. The lowest BCUT2D eigenvalue weighted by Gasteiger charge is -2.17. The van der Waals surface area contributed by atoms with Crippen molar-refractivity contribution in [2.24, 2.45) is 5.73 Å². The number of nitrogens with one attached hydrogen (secondary N) is 1. The van der Waals surface area contributed by atoms with Gasteiger partial charge >= 0.3 is 24.8 Å². The van der Waals surface area contributed by atoms with E-state index < -0.39 is 24.8 Å². The van der Waals surface area contributed by atoms with Gasteiger partial charge < -0.3 is 31.3 Å². The van der Waals surface area contributed by atoms with Crippen molar-refractivity contribution in [1.82, 2.24) is 10.2 Å². The van der Waals surface area contributed by atoms with E-state index in [0.717, 1.165) is 42.3 Å². The molecule has 0 fully saturated rings. The molecule has 3 rings (SSSR count). The largest absolute Gasteiger partial charge is 0.490 e. The van der Waals surface area contributed by atoms with Gasteiger partial charge in [0.15, 0.2) is 0 Å². The first-order valence-corrected chi connectivity index (χ1v) is 12.9. The predicted octanol–water partition coefficient (Wildman–Crippen LogP) is 4.80. The molecular weight excluding hydrogens is 616 g/mol. The quantitative estimate of drug-likeness (QED) is 0.153. The number of aryl methyl sites for hydroxylation is 1. The van der Waals surface area contributed by atoms with Crippen LogP contribution in [0.15, 0.2) is 60.7 Å². The van der Waals surface area contributed by atoms with Gasteiger partial charge in [0, 0.05) is 25.2 Å². The minimum atomic E-state index is -5.08. The van der Waals surface area contributed by atoms with E-state index in [4.69, 9.17) is 30.6 Å². The van der Waals surface area contributed by atoms with Crippen molar-refractivity contribution < 1.29 is 60.8 Å². The molecule has 0 spiro atoms. The molecule has 0 radical (unpaired) electrons. The molecule has 0 aliphatic carbocycles. The van der Waals surface area contributed by atoms with Gasteiger partial charge in [-0.1, -0.05) is 36.4 Å². The summed E-state index contributed by atoms with van der Waals surface area (Å²) in [5.41, 5.74) is 8.89. The molecule has 248 valence electrons. The summed E-state index contributed by atoms with van der Waals surface area (Å²) in [4.78, 5) is 43.0. The standard InChI is InChI=1S/C25H29N3O3.C2HF3O2.CHF3.CH2O2/c1-28(13-2-3-18-4-6-19(17-26)7-5-18)14-12-27-24(29)22-10-8-21-16-23(25(30)31)11-9-20(21)15-22;3-2(4,5)1(6)7;2-1(3)4;2-1-3/h4-11,15-16H,2-3,12-14,17,26H2,1H3,(H,27,29)(H,30,31);(H,6,7);1H;1H,(H,2,3). The normalized spacial score (nSPS) is 10.4. The Hall–Kier alpha value is -4.70. The number of carboxylic acids is 2. The number of likely N-dealkylation sites (N-methyl/N-ethyl adjacent to an activating group) is 1. The number of carbonyl (C=O) groups excluding carboxylic acids is 1. The Balaban J connectivity index is 0.00000116. The van der Waals surface area contributed by atoms with E-state index in [1.165, 1.54) is 5.56 Å². The molecule has 0 atom stereocenters. The van der Waals surface area contributed by atoms with Crippen LogP contribution in [-0.4, -0.2) is 84.1 Å². The van der Waals surface area contributed by atoms with Gasteiger partial charge in [-0.05, 0) is 72.6 Å². The molecule has 3 aromatic carbocycles. The van der Waals surface area contributed by atoms with Crippen LogP contribution in [0.3, 0.4) is 0 Å². The molecule has 1 amide bonds. The fourth-order valence-corrected chi connectivity index (χ4v) is 3.49. The number of hydrogen-bond acceptors (Lipinski definition) is 6. The number of aromatic carboxylic acids is 1. The van der Waals surface area contributed by atoms with E-state index in [0.29, 0.717) is 18.7 Å². The number of amides is 1. The van der Waals surface area contributed by atoms with Crippen molar-refractivity contribution in [1.29, 1.82) is 0 Å². The number of aliphatic carboxylic acids is 1. The third-order valence-electron chi connectivity index (χ3n) is 5.63. The minimum absolute atomic E-state index is 0.127. The second-order valence-corrected chi connectivity index (χ2v) is 8.92. The van der Waals surface area contributed by atoms with Gasteiger partial charge in [0.1, 0.15) is 0 Å². The molecule has 16 heteroatoms. The van der Waals surface area contributed by atoms with Crippen molar-refractivity contribution in [2.75, 3.05) is 26.7 Å². The highest BCUT2D eigenvalue weighted by Gasteiger charge is 2.38. The summed E-state index contributed by atoms with van der Waals surface area (Å²) in [6, 6.07) is 18.6. The van der Waals surface area contributed by atoms with Crippen LogP contribution in [0.1, 0.15) is 38.3 Å². The Bertz CT molecular complexity index is 1350. The first kappa shape index (κ1) is 40.3. The fourth-order valence-electron chi connectivity index (χ4n) is 3.49. The lowest BCUT2D eigenvalue weighted by Crippen LogP contribution is -2.33. The van der Waals surface area contributed by atoms with Crippen LogP contribution in [0.2, 0.25) is 0 Å². The molecule has 0 saturated carbocycles. The molecule has 0 heterocycles. The number of rotatable bonds is 10. The second kappa shape index (κ2) is 21.1. The fraction of sp³-hybridized carbons (Fsp3) is 0.310. The highest BCUT2D eigenvalue weighted by Crippen LogP contribution is 2.18. The Labute approximate surface area is 254 Å². The van der Waals surface area contributed by atoms with Gasteiger partial charge in [0.2, 0.25) is 0 Å². The molecule has 10 nitrogen and oxygen atoms in total. The number of nitrogens with two attached hydrogens (primary N) is 1. The van der Waals surface area contributed by atoms with Crippen LogP contribution in [0.4, 0.5) is 26.3 Å². The number of carboxylic acid groups (broad SMARTS) is 3. The maximum absolute atomic E-state index is 12.5. The first-order valence-electron chi connectivity index (χ1n) is 12.9. The van der Waals surface area contributed by atoms with E-state index in [1.807, 2.05) is 0 Å². The Morgan fingerprint density at radius 1 is 0.889 bits per heavy atom. The summed E-state index contributed by atoms with van der Waals surface area (Å²) >= 11 is 0. The number of halogens is 6. The lowest BCUT2D eigenvalue weighted by molar-refractivity contribution is -0.192. The Morgan fingerprint density at radius 3 is 1.78 bits per heavy atom. The summed E-state index contributed by atoms with van der Waals surface area (Å²) in [7, 11) is 2.06. The number of fused-ring (bicyclic) bond motifs is 1. The van der Waals surface area contributed by atoms with Crippen LogP contribution >= 0.6 is 0 Å². The van der Waals surface area contributed by atoms with Crippen LogP contribution in [0.25, 0.3) is 10.8 Å². The van der Waals surface area contributed by atoms with E-state index in [-0.39, 0.29) is 17.9 Å². The van der Waals surface area contributed by atoms with Crippen molar-refractivity contribution in [3.63, 3.8) is 0 Å². The molecule has 0 aliphatic heterocycles. The summed E-state index contributed by atoms with van der Waals surface area (Å²) in [6.45, 7) is -1.06. The zero-order valence-corrected chi connectivity index (χ0v) is 23.9.